The summed E-state index contributed by atoms with van der Waals surface area (Å²) in [6.07, 6.45) is 3.18. The van der Waals surface area contributed by atoms with Crippen LogP contribution < -0.4 is 10.2 Å². The van der Waals surface area contributed by atoms with Crippen molar-refractivity contribution in [2.24, 2.45) is 0 Å². The Bertz CT molecular complexity index is 712. The Morgan fingerprint density at radius 3 is 2.52 bits per heavy atom. The van der Waals surface area contributed by atoms with E-state index in [0.29, 0.717) is 18.5 Å². The number of para-hydroxylation sites is 1. The topological polar surface area (TPSA) is 58.6 Å². The summed E-state index contributed by atoms with van der Waals surface area (Å²) in [5.41, 5.74) is 1.85. The zero-order valence-corrected chi connectivity index (χ0v) is 19.2. The maximum atomic E-state index is 12.9. The lowest BCUT2D eigenvalue weighted by molar-refractivity contribution is -0.114. The van der Waals surface area contributed by atoms with Crippen molar-refractivity contribution in [3.8, 4) is 0 Å². The number of alkyl halides is 4. The average molecular weight is 503 g/mol. The van der Waals surface area contributed by atoms with E-state index in [1.165, 1.54) is 6.08 Å². The van der Waals surface area contributed by atoms with Crippen LogP contribution in [0.15, 0.2) is 41.9 Å². The molecular weight excluding hydrogens is 481 g/mol. The van der Waals surface area contributed by atoms with Crippen LogP contribution >= 0.6 is 58.0 Å². The molecule has 1 aliphatic carbocycles. The first-order chi connectivity index (χ1) is 13.7. The minimum atomic E-state index is -1.72. The Hall–Kier alpha value is -0.850. The van der Waals surface area contributed by atoms with Crippen LogP contribution in [0, 0.1) is 0 Å². The van der Waals surface area contributed by atoms with E-state index in [1.807, 2.05) is 30.3 Å². The first kappa shape index (κ1) is 24.4. The van der Waals surface area contributed by atoms with Gasteiger partial charge in [0.05, 0.1) is 12.1 Å². The minimum Gasteiger partial charge on any atom is -0.445 e. The summed E-state index contributed by atoms with van der Waals surface area (Å²) in [4.78, 5) is 26.8. The van der Waals surface area contributed by atoms with Crippen LogP contribution in [0.1, 0.15) is 25.7 Å². The van der Waals surface area contributed by atoms with E-state index in [2.05, 4.69) is 5.32 Å². The molecule has 160 valence electrons. The van der Waals surface area contributed by atoms with E-state index in [-0.39, 0.29) is 17.3 Å². The lowest BCUT2D eigenvalue weighted by Crippen LogP contribution is -2.54. The molecule has 5 nitrogen and oxygen atoms in total. The molecule has 3 atom stereocenters. The number of benzene rings is 1. The van der Waals surface area contributed by atoms with E-state index in [4.69, 9.17) is 62.7 Å². The molecule has 10 heteroatoms. The van der Waals surface area contributed by atoms with E-state index in [0.717, 1.165) is 18.4 Å². The third-order valence-corrected chi connectivity index (χ3v) is 5.32. The number of alkyl carbamates (subject to hydrolysis) is 1. The molecule has 0 saturated heterocycles. The molecule has 1 aromatic rings. The van der Waals surface area contributed by atoms with Gasteiger partial charge in [-0.1, -0.05) is 64.6 Å². The van der Waals surface area contributed by atoms with Crippen LogP contribution in [0.25, 0.3) is 0 Å². The fourth-order valence-corrected chi connectivity index (χ4v) is 3.93. The zero-order valence-electron chi connectivity index (χ0n) is 15.4. The highest BCUT2D eigenvalue weighted by Gasteiger charge is 2.36. The van der Waals surface area contributed by atoms with Crippen molar-refractivity contribution in [3.63, 3.8) is 0 Å². The third kappa shape index (κ3) is 8.06. The Morgan fingerprint density at radius 1 is 1.21 bits per heavy atom. The van der Waals surface area contributed by atoms with Crippen molar-refractivity contribution in [3.05, 3.63) is 41.9 Å². The highest BCUT2D eigenvalue weighted by atomic mass is 35.6. The molecule has 0 radical (unpaired) electrons. The fraction of sp³-hybridized carbons (Fsp3) is 0.474. The van der Waals surface area contributed by atoms with Gasteiger partial charge < -0.3 is 15.0 Å². The van der Waals surface area contributed by atoms with Crippen molar-refractivity contribution in [2.75, 3.05) is 11.5 Å². The predicted molar refractivity (Wildman–Crippen MR) is 119 cm³/mol. The van der Waals surface area contributed by atoms with Gasteiger partial charge in [-0.05, 0) is 37.8 Å². The summed E-state index contributed by atoms with van der Waals surface area (Å²) in [6, 6.07) is 8.34. The second-order valence-electron chi connectivity index (χ2n) is 6.61. The van der Waals surface area contributed by atoms with E-state index in [9.17, 15) is 9.59 Å². The van der Waals surface area contributed by atoms with Gasteiger partial charge in [0.2, 0.25) is 3.79 Å². The molecule has 1 unspecified atom stereocenters. The van der Waals surface area contributed by atoms with Crippen molar-refractivity contribution in [2.45, 2.75) is 46.9 Å². The van der Waals surface area contributed by atoms with Crippen LogP contribution in [-0.2, 0) is 9.53 Å². The van der Waals surface area contributed by atoms with Crippen LogP contribution in [0.4, 0.5) is 10.5 Å². The second-order valence-corrected chi connectivity index (χ2v) is 10.00. The highest BCUT2D eigenvalue weighted by molar-refractivity contribution is 6.67. The Morgan fingerprint density at radius 2 is 1.90 bits per heavy atom. The van der Waals surface area contributed by atoms with Gasteiger partial charge in [0.1, 0.15) is 6.61 Å². The first-order valence-electron chi connectivity index (χ1n) is 9.00. The molecular formula is C19H21Cl5N2O3. The molecule has 0 bridgehead atoms. The summed E-state index contributed by atoms with van der Waals surface area (Å²) in [5, 5.41) is 2.63. The predicted octanol–water partition coefficient (Wildman–Crippen LogP) is 5.79. The van der Waals surface area contributed by atoms with Crippen molar-refractivity contribution >= 4 is 75.7 Å². The number of rotatable bonds is 5. The number of nitrogens with one attached hydrogen (secondary N) is 1. The SMILES string of the molecule is O=C(N[C@@H]1CC(Cl)CCC[C@H]1N(C(=O)C=CCl)c1ccccc1)OCC(Cl)(Cl)Cl. The van der Waals surface area contributed by atoms with E-state index in [1.54, 1.807) is 4.90 Å². The quantitative estimate of drug-likeness (QED) is 0.315. The minimum absolute atomic E-state index is 0.158. The van der Waals surface area contributed by atoms with Gasteiger partial charge in [-0.3, -0.25) is 4.79 Å². The van der Waals surface area contributed by atoms with Gasteiger partial charge in [-0.2, -0.15) is 0 Å². The molecule has 2 rings (SSSR count). The average Bonchev–Trinajstić information content (AvgIpc) is 2.82. The van der Waals surface area contributed by atoms with Gasteiger partial charge in [0, 0.05) is 22.7 Å². The molecule has 1 aliphatic rings. The number of halogens is 5. The van der Waals surface area contributed by atoms with E-state index < -0.39 is 22.5 Å². The Labute approximate surface area is 195 Å². The molecule has 2 amide bonds. The normalized spacial score (nSPS) is 22.7. The fourth-order valence-electron chi connectivity index (χ4n) is 3.31. The zero-order chi connectivity index (χ0) is 21.4. The molecule has 0 spiro atoms. The van der Waals surface area contributed by atoms with Crippen molar-refractivity contribution < 1.29 is 14.3 Å². The number of hydrogen-bond donors (Lipinski definition) is 1. The Balaban J connectivity index is 2.29. The molecule has 1 saturated carbocycles. The van der Waals surface area contributed by atoms with Crippen LogP contribution in [0.2, 0.25) is 0 Å². The standard InChI is InChI=1S/C19H21Cl5N2O3/c20-10-9-17(27)26(14-6-2-1-3-7-14)16-8-4-5-13(21)11-15(16)25-18(28)29-12-19(22,23)24/h1-3,6-7,9-10,13,15-16H,4-5,8,11-12H2,(H,25,28)/t13?,15-,16-/m1/s1. The number of carbonyl (C=O) groups excluding carboxylic acids is 2. The summed E-state index contributed by atoms with van der Waals surface area (Å²) in [5.74, 6) is -0.300. The lowest BCUT2D eigenvalue weighted by atomic mass is 10.00. The summed E-state index contributed by atoms with van der Waals surface area (Å²) in [7, 11) is 0. The number of ether oxygens (including phenoxy) is 1. The second kappa shape index (κ2) is 11.5. The monoisotopic (exact) mass is 500 g/mol. The number of hydrogen-bond acceptors (Lipinski definition) is 3. The largest absolute Gasteiger partial charge is 0.445 e. The highest BCUT2D eigenvalue weighted by Crippen LogP contribution is 2.30. The summed E-state index contributed by atoms with van der Waals surface area (Å²) < 4.78 is 3.28. The third-order valence-electron chi connectivity index (χ3n) is 4.47. The Kier molecular flexibility index (Phi) is 9.70. The van der Waals surface area contributed by atoms with Crippen molar-refractivity contribution in [1.82, 2.24) is 5.32 Å². The van der Waals surface area contributed by atoms with Gasteiger partial charge in [-0.25, -0.2) is 4.79 Å². The maximum Gasteiger partial charge on any atom is 0.407 e. The van der Waals surface area contributed by atoms with Gasteiger partial charge in [0.25, 0.3) is 5.91 Å². The summed E-state index contributed by atoms with van der Waals surface area (Å²) in [6.45, 7) is -0.401. The number of carbonyl (C=O) groups is 2. The van der Waals surface area contributed by atoms with Gasteiger partial charge in [-0.15, -0.1) is 11.6 Å². The first-order valence-corrected chi connectivity index (χ1v) is 11.0. The number of amides is 2. The maximum absolute atomic E-state index is 12.9. The van der Waals surface area contributed by atoms with Crippen molar-refractivity contribution in [1.29, 1.82) is 0 Å². The lowest BCUT2D eigenvalue weighted by Gasteiger charge is -2.36. The molecule has 1 aromatic carbocycles. The molecule has 0 aliphatic heterocycles. The van der Waals surface area contributed by atoms with Crippen LogP contribution in [-0.4, -0.2) is 39.9 Å². The molecule has 0 heterocycles. The number of anilines is 1. The molecule has 0 aromatic heterocycles. The summed E-state index contributed by atoms with van der Waals surface area (Å²) >= 11 is 29.0. The number of nitrogens with zero attached hydrogens (tertiary/aromatic N) is 1. The van der Waals surface area contributed by atoms with Gasteiger partial charge in [0.15, 0.2) is 0 Å². The molecule has 1 N–H and O–H groups in total. The molecule has 29 heavy (non-hydrogen) atoms. The smallest absolute Gasteiger partial charge is 0.407 e. The van der Waals surface area contributed by atoms with E-state index >= 15 is 0 Å². The van der Waals surface area contributed by atoms with Crippen LogP contribution in [0.5, 0.6) is 0 Å². The molecule has 1 fully saturated rings. The van der Waals surface area contributed by atoms with Gasteiger partial charge >= 0.3 is 6.09 Å². The van der Waals surface area contributed by atoms with Crippen LogP contribution in [0.3, 0.4) is 0 Å².